The molecule has 2 aromatic rings. The van der Waals surface area contributed by atoms with Crippen molar-refractivity contribution in [3.63, 3.8) is 0 Å². The van der Waals surface area contributed by atoms with Crippen molar-refractivity contribution < 1.29 is 0 Å². The van der Waals surface area contributed by atoms with Gasteiger partial charge in [0, 0.05) is 16.3 Å². The summed E-state index contributed by atoms with van der Waals surface area (Å²) in [5.74, 6) is 0. The zero-order valence-corrected chi connectivity index (χ0v) is 10.6. The summed E-state index contributed by atoms with van der Waals surface area (Å²) in [6.45, 7) is 3.17. The highest BCUT2D eigenvalue weighted by molar-refractivity contribution is 7.15. The smallest absolute Gasteiger partial charge is 0.0348 e. The van der Waals surface area contributed by atoms with Gasteiger partial charge >= 0.3 is 0 Å². The third-order valence-electron chi connectivity index (χ3n) is 2.68. The van der Waals surface area contributed by atoms with Crippen LogP contribution in [0.15, 0.2) is 36.4 Å². The average Bonchev–Trinajstić information content (AvgIpc) is 2.78. The Balaban J connectivity index is 2.34. The number of benzene rings is 1. The van der Waals surface area contributed by atoms with Crippen LogP contribution >= 0.6 is 11.3 Å². The van der Waals surface area contributed by atoms with Gasteiger partial charge in [0.2, 0.25) is 0 Å². The van der Waals surface area contributed by atoms with E-state index in [0.29, 0.717) is 0 Å². The number of aryl methyl sites for hydroxylation is 1. The highest BCUT2D eigenvalue weighted by Gasteiger charge is 2.05. The molecule has 2 heteroatoms. The Morgan fingerprint density at radius 3 is 2.69 bits per heavy atom. The highest BCUT2D eigenvalue weighted by atomic mass is 32.1. The SMILES string of the molecule is CCc1ccccc1-c1ccc(CNC)s1. The summed E-state index contributed by atoms with van der Waals surface area (Å²) in [4.78, 5) is 2.77. The van der Waals surface area contributed by atoms with E-state index in [0.717, 1.165) is 13.0 Å². The van der Waals surface area contributed by atoms with Crippen LogP contribution in [0.1, 0.15) is 17.4 Å². The molecule has 84 valence electrons. The van der Waals surface area contributed by atoms with Crippen molar-refractivity contribution in [1.82, 2.24) is 5.32 Å². The molecule has 0 aliphatic heterocycles. The van der Waals surface area contributed by atoms with E-state index in [1.165, 1.54) is 20.9 Å². The lowest BCUT2D eigenvalue weighted by Gasteiger charge is -2.04. The van der Waals surface area contributed by atoms with E-state index in [9.17, 15) is 0 Å². The fourth-order valence-electron chi connectivity index (χ4n) is 1.86. The molecule has 0 radical (unpaired) electrons. The van der Waals surface area contributed by atoms with Gasteiger partial charge in [-0.3, -0.25) is 0 Å². The molecule has 2 rings (SSSR count). The summed E-state index contributed by atoms with van der Waals surface area (Å²) in [5, 5.41) is 3.19. The van der Waals surface area contributed by atoms with Crippen LogP contribution in [0.4, 0.5) is 0 Å². The van der Waals surface area contributed by atoms with Gasteiger partial charge in [0.05, 0.1) is 0 Å². The van der Waals surface area contributed by atoms with Crippen LogP contribution in [-0.4, -0.2) is 7.05 Å². The van der Waals surface area contributed by atoms with Gasteiger partial charge in [-0.25, -0.2) is 0 Å². The van der Waals surface area contributed by atoms with Gasteiger partial charge in [-0.05, 0) is 36.7 Å². The number of thiophene rings is 1. The molecule has 0 spiro atoms. The molecule has 0 saturated carbocycles. The van der Waals surface area contributed by atoms with Gasteiger partial charge < -0.3 is 5.32 Å². The number of nitrogens with one attached hydrogen (secondary N) is 1. The molecular weight excluding hydrogens is 214 g/mol. The summed E-state index contributed by atoms with van der Waals surface area (Å²) in [5.41, 5.74) is 2.82. The zero-order valence-electron chi connectivity index (χ0n) is 9.79. The lowest BCUT2D eigenvalue weighted by atomic mass is 10.0. The van der Waals surface area contributed by atoms with Crippen molar-refractivity contribution in [2.75, 3.05) is 7.05 Å². The maximum Gasteiger partial charge on any atom is 0.0348 e. The normalized spacial score (nSPS) is 10.6. The van der Waals surface area contributed by atoms with Crippen LogP contribution in [0.2, 0.25) is 0 Å². The molecule has 0 aliphatic rings. The Kier molecular flexibility index (Phi) is 3.75. The Morgan fingerprint density at radius 1 is 1.12 bits per heavy atom. The van der Waals surface area contributed by atoms with Crippen molar-refractivity contribution in [3.05, 3.63) is 46.8 Å². The van der Waals surface area contributed by atoms with Crippen LogP contribution in [0, 0.1) is 0 Å². The van der Waals surface area contributed by atoms with Gasteiger partial charge in [-0.2, -0.15) is 0 Å². The van der Waals surface area contributed by atoms with Crippen molar-refractivity contribution in [3.8, 4) is 10.4 Å². The maximum atomic E-state index is 3.19. The molecule has 0 bridgehead atoms. The average molecular weight is 231 g/mol. The van der Waals surface area contributed by atoms with Crippen LogP contribution in [0.5, 0.6) is 0 Å². The van der Waals surface area contributed by atoms with Crippen molar-refractivity contribution in [2.24, 2.45) is 0 Å². The maximum absolute atomic E-state index is 3.19. The van der Waals surface area contributed by atoms with Crippen molar-refractivity contribution >= 4 is 11.3 Å². The molecular formula is C14H17NS. The van der Waals surface area contributed by atoms with Crippen molar-refractivity contribution in [1.29, 1.82) is 0 Å². The highest BCUT2D eigenvalue weighted by Crippen LogP contribution is 2.30. The second-order valence-corrected chi connectivity index (χ2v) is 4.98. The first-order valence-electron chi connectivity index (χ1n) is 5.66. The monoisotopic (exact) mass is 231 g/mol. The lowest BCUT2D eigenvalue weighted by molar-refractivity contribution is 0.831. The minimum atomic E-state index is 0.957. The standard InChI is InChI=1S/C14H17NS/c1-3-11-6-4-5-7-13(11)14-9-8-12(16-14)10-15-2/h4-9,15H,3,10H2,1-2H3. The number of hydrogen-bond donors (Lipinski definition) is 1. The predicted octanol–water partition coefficient (Wildman–Crippen LogP) is 3.70. The second-order valence-electron chi connectivity index (χ2n) is 3.81. The molecule has 1 N–H and O–H groups in total. The minimum Gasteiger partial charge on any atom is -0.315 e. The summed E-state index contributed by atoms with van der Waals surface area (Å²) in [7, 11) is 1.99. The Labute approximate surface area is 101 Å². The van der Waals surface area contributed by atoms with Gasteiger partial charge in [0.1, 0.15) is 0 Å². The third kappa shape index (κ3) is 2.34. The van der Waals surface area contributed by atoms with Gasteiger partial charge in [-0.1, -0.05) is 31.2 Å². The Morgan fingerprint density at radius 2 is 1.94 bits per heavy atom. The molecule has 0 unspecified atom stereocenters. The van der Waals surface area contributed by atoms with E-state index in [2.05, 4.69) is 48.6 Å². The fraction of sp³-hybridized carbons (Fsp3) is 0.286. The molecule has 0 saturated heterocycles. The molecule has 0 atom stereocenters. The summed E-state index contributed by atoms with van der Waals surface area (Å²) < 4.78 is 0. The van der Waals surface area contributed by atoms with Crippen LogP contribution in [-0.2, 0) is 13.0 Å². The number of rotatable bonds is 4. The first kappa shape index (κ1) is 11.4. The zero-order chi connectivity index (χ0) is 11.4. The fourth-order valence-corrected chi connectivity index (χ4v) is 2.94. The van der Waals surface area contributed by atoms with E-state index in [1.54, 1.807) is 0 Å². The largest absolute Gasteiger partial charge is 0.315 e. The van der Waals surface area contributed by atoms with E-state index >= 15 is 0 Å². The lowest BCUT2D eigenvalue weighted by Crippen LogP contribution is -2.02. The van der Waals surface area contributed by atoms with Crippen LogP contribution < -0.4 is 5.32 Å². The van der Waals surface area contributed by atoms with Gasteiger partial charge in [-0.15, -0.1) is 11.3 Å². The van der Waals surface area contributed by atoms with E-state index in [1.807, 2.05) is 18.4 Å². The molecule has 0 fully saturated rings. The van der Waals surface area contributed by atoms with E-state index < -0.39 is 0 Å². The summed E-state index contributed by atoms with van der Waals surface area (Å²) in [6.07, 6.45) is 1.09. The van der Waals surface area contributed by atoms with Gasteiger partial charge in [0.15, 0.2) is 0 Å². The molecule has 1 nitrogen and oxygen atoms in total. The van der Waals surface area contributed by atoms with Gasteiger partial charge in [0.25, 0.3) is 0 Å². The molecule has 1 heterocycles. The second kappa shape index (κ2) is 5.28. The first-order chi connectivity index (χ1) is 7.85. The summed E-state index contributed by atoms with van der Waals surface area (Å²) in [6, 6.07) is 13.1. The quantitative estimate of drug-likeness (QED) is 0.846. The molecule has 0 aliphatic carbocycles. The molecule has 0 amide bonds. The van der Waals surface area contributed by atoms with Crippen molar-refractivity contribution in [2.45, 2.75) is 19.9 Å². The summed E-state index contributed by atoms with van der Waals surface area (Å²) >= 11 is 1.88. The number of hydrogen-bond acceptors (Lipinski definition) is 2. The molecule has 16 heavy (non-hydrogen) atoms. The molecule has 1 aromatic carbocycles. The van der Waals surface area contributed by atoms with E-state index in [4.69, 9.17) is 0 Å². The Hall–Kier alpha value is -1.12. The topological polar surface area (TPSA) is 12.0 Å². The minimum absolute atomic E-state index is 0.957. The molecule has 1 aromatic heterocycles. The first-order valence-corrected chi connectivity index (χ1v) is 6.48. The van der Waals surface area contributed by atoms with Crippen LogP contribution in [0.3, 0.4) is 0 Å². The van der Waals surface area contributed by atoms with E-state index in [-0.39, 0.29) is 0 Å². The van der Waals surface area contributed by atoms with Crippen LogP contribution in [0.25, 0.3) is 10.4 Å². The Bertz CT molecular complexity index is 459. The predicted molar refractivity (Wildman–Crippen MR) is 71.9 cm³/mol. The third-order valence-corrected chi connectivity index (χ3v) is 3.79.